The summed E-state index contributed by atoms with van der Waals surface area (Å²) in [5.74, 6) is -12.8. The largest absolute Gasteiger partial charge is 0.508 e. The molecule has 2 aliphatic rings. The van der Waals surface area contributed by atoms with E-state index < -0.39 is 164 Å². The number of phenolic OH excluding ortho intramolecular Hbond substituents is 1. The molecular weight excluding hydrogens is 971 g/mol. The molecule has 26 heteroatoms. The molecule has 2 fully saturated rings. The first-order valence-electron chi connectivity index (χ1n) is 24.8. The highest BCUT2D eigenvalue weighted by Gasteiger charge is 2.41. The number of aliphatic carboxylic acids is 1. The monoisotopic (exact) mass is 1040 g/mol. The van der Waals surface area contributed by atoms with Gasteiger partial charge in [-0.15, -0.1) is 0 Å². The fourth-order valence-electron chi connectivity index (χ4n) is 8.53. The van der Waals surface area contributed by atoms with Gasteiger partial charge in [0.25, 0.3) is 0 Å². The van der Waals surface area contributed by atoms with Crippen LogP contribution in [0.1, 0.15) is 122 Å². The number of nitrogens with one attached hydrogen (secondary N) is 7. The minimum absolute atomic E-state index is 0.00440. The van der Waals surface area contributed by atoms with Crippen LogP contribution in [0.3, 0.4) is 0 Å². The summed E-state index contributed by atoms with van der Waals surface area (Å²) in [7, 11) is 0. The smallest absolute Gasteiger partial charge is 0.305 e. The molecule has 8 unspecified atom stereocenters. The molecule has 2 heterocycles. The highest BCUT2D eigenvalue weighted by atomic mass is 16.4. The lowest BCUT2D eigenvalue weighted by atomic mass is 10.0. The fourth-order valence-corrected chi connectivity index (χ4v) is 8.53. The van der Waals surface area contributed by atoms with Crippen LogP contribution in [0.25, 0.3) is 0 Å². The topological polar surface area (TPSA) is 431 Å². The maximum absolute atomic E-state index is 14.3. The molecule has 11 amide bonds. The number of carboxylic acids is 1. The van der Waals surface area contributed by atoms with Crippen LogP contribution >= 0.6 is 0 Å². The first-order valence-corrected chi connectivity index (χ1v) is 24.8. The second-order valence-electron chi connectivity index (χ2n) is 19.1. The molecule has 8 atom stereocenters. The van der Waals surface area contributed by atoms with E-state index in [-0.39, 0.29) is 38.0 Å². The van der Waals surface area contributed by atoms with Crippen molar-refractivity contribution in [3.63, 3.8) is 0 Å². The van der Waals surface area contributed by atoms with E-state index in [0.29, 0.717) is 24.3 Å². The Morgan fingerprint density at radius 1 is 0.608 bits per heavy atom. The number of hydrogen-bond donors (Lipinski definition) is 13. The lowest BCUT2D eigenvalue weighted by Gasteiger charge is -2.31. The van der Waals surface area contributed by atoms with Gasteiger partial charge in [-0.25, -0.2) is 0 Å². The molecule has 0 aromatic heterocycles. The van der Waals surface area contributed by atoms with Crippen molar-refractivity contribution in [2.45, 2.75) is 171 Å². The van der Waals surface area contributed by atoms with E-state index >= 15 is 0 Å². The van der Waals surface area contributed by atoms with Crippen LogP contribution in [-0.2, 0) is 64.0 Å². The summed E-state index contributed by atoms with van der Waals surface area (Å²) in [6, 6.07) is -7.70. The van der Waals surface area contributed by atoms with Crippen LogP contribution in [0, 0.1) is 5.92 Å². The number of carboxylic acid groups (broad SMARTS) is 1. The highest BCUT2D eigenvalue weighted by molar-refractivity contribution is 6.00. The Morgan fingerprint density at radius 3 is 1.66 bits per heavy atom. The minimum atomic E-state index is -1.88. The number of benzene rings is 1. The number of nitrogens with zero attached hydrogens (tertiary/aromatic N) is 1. The van der Waals surface area contributed by atoms with Crippen LogP contribution in [0.4, 0.5) is 0 Å². The van der Waals surface area contributed by atoms with E-state index in [0.717, 1.165) is 37.0 Å². The molecule has 2 saturated heterocycles. The second-order valence-corrected chi connectivity index (χ2v) is 19.1. The van der Waals surface area contributed by atoms with Crippen molar-refractivity contribution < 1.29 is 72.9 Å². The molecule has 2 aliphatic heterocycles. The van der Waals surface area contributed by atoms with Gasteiger partial charge in [-0.2, -0.15) is 0 Å². The van der Waals surface area contributed by atoms with Crippen molar-refractivity contribution >= 4 is 70.9 Å². The lowest BCUT2D eigenvalue weighted by Crippen LogP contribution is -2.60. The summed E-state index contributed by atoms with van der Waals surface area (Å²) in [6.07, 6.45) is 1.75. The van der Waals surface area contributed by atoms with Crippen LogP contribution < -0.4 is 54.4 Å². The molecule has 74 heavy (non-hydrogen) atoms. The van der Waals surface area contributed by atoms with Gasteiger partial charge in [0.05, 0.1) is 25.9 Å². The fraction of sp³-hybridized carbons (Fsp3) is 0.625. The zero-order valence-corrected chi connectivity index (χ0v) is 41.9. The van der Waals surface area contributed by atoms with Gasteiger partial charge in [0.1, 0.15) is 48.0 Å². The third-order valence-corrected chi connectivity index (χ3v) is 12.4. The zero-order valence-electron chi connectivity index (χ0n) is 41.9. The average molecular weight is 1040 g/mol. The van der Waals surface area contributed by atoms with Gasteiger partial charge in [-0.3, -0.25) is 57.5 Å². The Kier molecular flexibility index (Phi) is 25.2. The van der Waals surface area contributed by atoms with Gasteiger partial charge in [-0.1, -0.05) is 70.9 Å². The molecule has 0 aliphatic carbocycles. The molecule has 0 saturated carbocycles. The summed E-state index contributed by atoms with van der Waals surface area (Å²) in [5, 5.41) is 46.8. The quantitative estimate of drug-likeness (QED) is 0.0546. The molecule has 3 rings (SSSR count). The summed E-state index contributed by atoms with van der Waals surface area (Å²) in [4.78, 5) is 162. The summed E-state index contributed by atoms with van der Waals surface area (Å²) in [6.45, 7) is 3.15. The second kappa shape index (κ2) is 30.6. The SMILES string of the molecule is CC(C)CCCCCCCCC1CC(=O)NC(CC(=O)O)C(=O)NC(Cc2ccc(O)cc2)C(=O)NC(CC(N)=O)C(=O)NC(CCC(N)=O)C(=O)N2CCCC2C(=O)NC(CC(N)=O)C(=O)NC(CO)C(=O)N1. The number of rotatable bonds is 21. The summed E-state index contributed by atoms with van der Waals surface area (Å²) < 4.78 is 0. The number of fused-ring (bicyclic) bond motifs is 1. The molecule has 410 valence electrons. The maximum Gasteiger partial charge on any atom is 0.305 e. The van der Waals surface area contributed by atoms with Crippen molar-refractivity contribution in [2.24, 2.45) is 23.1 Å². The van der Waals surface area contributed by atoms with Gasteiger partial charge in [0, 0.05) is 31.8 Å². The average Bonchev–Trinajstić information content (AvgIpc) is 3.82. The molecule has 16 N–H and O–H groups in total. The van der Waals surface area contributed by atoms with Crippen molar-refractivity contribution in [1.29, 1.82) is 0 Å². The number of aromatic hydroxyl groups is 1. The number of unbranched alkanes of at least 4 members (excludes halogenated alkanes) is 5. The first kappa shape index (κ1) is 60.9. The third kappa shape index (κ3) is 21.4. The van der Waals surface area contributed by atoms with E-state index in [1.165, 1.54) is 24.3 Å². The maximum atomic E-state index is 14.3. The molecule has 1 aromatic carbocycles. The minimum Gasteiger partial charge on any atom is -0.508 e. The van der Waals surface area contributed by atoms with Crippen LogP contribution in [0.2, 0.25) is 0 Å². The number of hydrogen-bond acceptors (Lipinski definition) is 14. The van der Waals surface area contributed by atoms with Gasteiger partial charge in [0.2, 0.25) is 65.0 Å². The van der Waals surface area contributed by atoms with Gasteiger partial charge in [-0.05, 0) is 49.3 Å². The third-order valence-electron chi connectivity index (χ3n) is 12.4. The molecule has 0 bridgehead atoms. The number of aliphatic hydroxyl groups excluding tert-OH is 1. The number of carbonyl (C=O) groups excluding carboxylic acids is 11. The van der Waals surface area contributed by atoms with E-state index in [4.69, 9.17) is 17.2 Å². The number of carbonyl (C=O) groups is 12. The summed E-state index contributed by atoms with van der Waals surface area (Å²) in [5.41, 5.74) is 16.6. The predicted octanol–water partition coefficient (Wildman–Crippen LogP) is -3.02. The summed E-state index contributed by atoms with van der Waals surface area (Å²) >= 11 is 0. The molecule has 0 spiro atoms. The standard InChI is InChI=1S/C48H73N11O15/c1-26(2)10-7-5-3-4-6-8-11-28-21-40(65)53-34(24-41(66)67)45(71)55-31(20-27-13-15-29(61)16-14-27)42(68)56-32(22-38(50)63)43(69)54-30(17-18-37(49)62)48(74)59-19-9-12-36(59)47(73)57-33(23-39(51)64)44(70)58-35(25-60)46(72)52-28/h13-16,26,28,30-36,60-61H,3-12,17-25H2,1-2H3,(H2,49,62)(H2,50,63)(H2,51,64)(H,52,72)(H,53,65)(H,54,69)(H,55,71)(H,56,68)(H,57,73)(H,58,70)(H,66,67). The molecule has 1 aromatic rings. The first-order chi connectivity index (χ1) is 35.0. The van der Waals surface area contributed by atoms with Gasteiger partial charge < -0.3 is 74.6 Å². The Balaban J connectivity index is 2.13. The Morgan fingerprint density at radius 2 is 1.11 bits per heavy atom. The Bertz CT molecular complexity index is 2180. The van der Waals surface area contributed by atoms with Crippen molar-refractivity contribution in [2.75, 3.05) is 13.2 Å². The number of primary amides is 3. The number of amides is 11. The number of nitrogens with two attached hydrogens (primary N) is 3. The van der Waals surface area contributed by atoms with Crippen LogP contribution in [0.15, 0.2) is 24.3 Å². The Labute approximate surface area is 428 Å². The van der Waals surface area contributed by atoms with Gasteiger partial charge >= 0.3 is 5.97 Å². The lowest BCUT2D eigenvalue weighted by molar-refractivity contribution is -0.143. The number of aliphatic hydroxyl groups is 1. The molecule has 0 radical (unpaired) electrons. The van der Waals surface area contributed by atoms with Crippen molar-refractivity contribution in [3.05, 3.63) is 29.8 Å². The van der Waals surface area contributed by atoms with Gasteiger partial charge in [0.15, 0.2) is 0 Å². The highest BCUT2D eigenvalue weighted by Crippen LogP contribution is 2.21. The number of phenols is 1. The van der Waals surface area contributed by atoms with E-state index in [9.17, 15) is 72.9 Å². The van der Waals surface area contributed by atoms with E-state index in [1.807, 2.05) is 0 Å². The van der Waals surface area contributed by atoms with Crippen molar-refractivity contribution in [3.8, 4) is 5.75 Å². The molecule has 26 nitrogen and oxygen atoms in total. The van der Waals surface area contributed by atoms with E-state index in [1.54, 1.807) is 0 Å². The normalized spacial score (nSPS) is 24.1. The van der Waals surface area contributed by atoms with E-state index in [2.05, 4.69) is 51.1 Å². The zero-order chi connectivity index (χ0) is 55.1. The van der Waals surface area contributed by atoms with Crippen LogP contribution in [0.5, 0.6) is 5.75 Å². The predicted molar refractivity (Wildman–Crippen MR) is 262 cm³/mol. The molecular formula is C48H73N11O15. The Hall–Kier alpha value is -7.38. The van der Waals surface area contributed by atoms with Crippen LogP contribution in [-0.4, -0.2) is 153 Å². The van der Waals surface area contributed by atoms with Crippen molar-refractivity contribution in [1.82, 2.24) is 42.1 Å².